The van der Waals surface area contributed by atoms with Crippen LogP contribution in [0.1, 0.15) is 31.9 Å². The molecule has 206 valence electrons. The number of nitrogens with zero attached hydrogens (tertiary/aromatic N) is 6. The van der Waals surface area contributed by atoms with Gasteiger partial charge >= 0.3 is 0 Å². The van der Waals surface area contributed by atoms with Gasteiger partial charge in [0.25, 0.3) is 0 Å². The first-order valence-corrected chi connectivity index (χ1v) is 13.6. The summed E-state index contributed by atoms with van der Waals surface area (Å²) in [7, 11) is 0. The van der Waals surface area contributed by atoms with Gasteiger partial charge in [0.15, 0.2) is 28.5 Å². The van der Waals surface area contributed by atoms with Crippen LogP contribution in [0.15, 0.2) is 60.9 Å². The molecular formula is C30H33N7O3. The molecule has 2 aliphatic heterocycles. The van der Waals surface area contributed by atoms with Gasteiger partial charge in [0.1, 0.15) is 0 Å². The molecule has 4 heterocycles. The number of hydrogen-bond donors (Lipinski definition) is 1. The van der Waals surface area contributed by atoms with Crippen LogP contribution in [0.4, 0.5) is 11.8 Å². The molecule has 2 aromatic heterocycles. The summed E-state index contributed by atoms with van der Waals surface area (Å²) in [5, 5.41) is 3.49. The number of ether oxygens (including phenoxy) is 2. The number of anilines is 2. The Kier molecular flexibility index (Phi) is 6.98. The Balaban J connectivity index is 1.32. The highest BCUT2D eigenvalue weighted by molar-refractivity contribution is 5.84. The van der Waals surface area contributed by atoms with Crippen molar-refractivity contribution < 1.29 is 14.3 Å². The molecule has 10 nitrogen and oxygen atoms in total. The smallest absolute Gasteiger partial charge is 0.231 e. The van der Waals surface area contributed by atoms with E-state index in [2.05, 4.69) is 48.3 Å². The van der Waals surface area contributed by atoms with Crippen LogP contribution in [0.5, 0.6) is 11.5 Å². The molecule has 0 aliphatic carbocycles. The zero-order chi connectivity index (χ0) is 27.6. The van der Waals surface area contributed by atoms with E-state index in [9.17, 15) is 4.79 Å². The maximum absolute atomic E-state index is 12.2. The number of allylic oxidation sites excluding steroid dienone is 1. The summed E-state index contributed by atoms with van der Waals surface area (Å²) in [6, 6.07) is 16.2. The van der Waals surface area contributed by atoms with E-state index in [1.165, 1.54) is 0 Å². The predicted octanol–water partition coefficient (Wildman–Crippen LogP) is 4.33. The first-order chi connectivity index (χ1) is 19.5. The van der Waals surface area contributed by atoms with E-state index in [-0.39, 0.29) is 24.8 Å². The van der Waals surface area contributed by atoms with Gasteiger partial charge in [-0.2, -0.15) is 9.97 Å². The zero-order valence-electron chi connectivity index (χ0n) is 22.9. The fourth-order valence-electron chi connectivity index (χ4n) is 5.27. The topological polar surface area (TPSA) is 97.6 Å². The van der Waals surface area contributed by atoms with Gasteiger partial charge in [-0.05, 0) is 37.1 Å². The quantitative estimate of drug-likeness (QED) is 0.371. The Labute approximate surface area is 233 Å². The average Bonchev–Trinajstić information content (AvgIpc) is 3.60. The van der Waals surface area contributed by atoms with Crippen molar-refractivity contribution in [3.05, 3.63) is 72.1 Å². The van der Waals surface area contributed by atoms with Gasteiger partial charge < -0.3 is 29.2 Å². The lowest BCUT2D eigenvalue weighted by atomic mass is 10.1. The average molecular weight is 540 g/mol. The number of benzene rings is 2. The third-order valence-corrected chi connectivity index (χ3v) is 7.41. The van der Waals surface area contributed by atoms with Crippen LogP contribution < -0.4 is 19.7 Å². The van der Waals surface area contributed by atoms with Crippen molar-refractivity contribution in [3.8, 4) is 11.5 Å². The SMILES string of the molecule is CC(=O)N1CC(C)N(c2nc(NCc3ccc4c(c3)OCO4)c3ncn(CC=Cc4ccccc4)c3n2)CC1C. The highest BCUT2D eigenvalue weighted by Gasteiger charge is 2.32. The Morgan fingerprint density at radius 3 is 2.70 bits per heavy atom. The lowest BCUT2D eigenvalue weighted by Gasteiger charge is -2.43. The van der Waals surface area contributed by atoms with Crippen LogP contribution in [0.2, 0.25) is 0 Å². The normalized spacial score (nSPS) is 18.6. The minimum absolute atomic E-state index is 0.0526. The van der Waals surface area contributed by atoms with Gasteiger partial charge in [0.05, 0.1) is 6.33 Å². The standard InChI is InChI=1S/C30H33N7O3/c1-20-17-37(21(2)16-36(20)22(3)38)30-33-28(31-15-24-11-12-25-26(14-24)40-19-39-25)27-29(34-30)35(18-32-27)13-7-10-23-8-5-4-6-9-23/h4-12,14,18,20-21H,13,15-17,19H2,1-3H3,(H,31,33,34). The molecular weight excluding hydrogens is 506 g/mol. The Morgan fingerprint density at radius 2 is 1.88 bits per heavy atom. The summed E-state index contributed by atoms with van der Waals surface area (Å²) in [6.45, 7) is 8.46. The van der Waals surface area contributed by atoms with Gasteiger partial charge in [0.2, 0.25) is 18.6 Å². The molecule has 1 fully saturated rings. The number of amides is 1. The number of carbonyl (C=O) groups is 1. The van der Waals surface area contributed by atoms with E-state index in [0.717, 1.165) is 28.3 Å². The lowest BCUT2D eigenvalue weighted by molar-refractivity contribution is -0.131. The lowest BCUT2D eigenvalue weighted by Crippen LogP contribution is -2.58. The van der Waals surface area contributed by atoms with E-state index in [1.807, 2.05) is 52.2 Å². The van der Waals surface area contributed by atoms with Gasteiger partial charge in [-0.25, -0.2) is 4.98 Å². The molecule has 1 saturated heterocycles. The third-order valence-electron chi connectivity index (χ3n) is 7.41. The fraction of sp³-hybridized carbons (Fsp3) is 0.333. The molecule has 0 radical (unpaired) electrons. The first kappa shape index (κ1) is 25.7. The van der Waals surface area contributed by atoms with Crippen molar-refractivity contribution in [3.63, 3.8) is 0 Å². The maximum atomic E-state index is 12.2. The minimum atomic E-state index is 0.0526. The molecule has 0 saturated carbocycles. The second kappa shape index (κ2) is 10.9. The summed E-state index contributed by atoms with van der Waals surface area (Å²) in [5.74, 6) is 2.87. The van der Waals surface area contributed by atoms with Crippen molar-refractivity contribution in [2.75, 3.05) is 30.1 Å². The number of carbonyl (C=O) groups excluding carboxylic acids is 1. The van der Waals surface area contributed by atoms with Crippen molar-refractivity contribution in [2.24, 2.45) is 0 Å². The zero-order valence-corrected chi connectivity index (χ0v) is 22.9. The highest BCUT2D eigenvalue weighted by atomic mass is 16.7. The number of fused-ring (bicyclic) bond motifs is 2. The highest BCUT2D eigenvalue weighted by Crippen LogP contribution is 2.33. The molecule has 1 N–H and O–H groups in total. The maximum Gasteiger partial charge on any atom is 0.231 e. The van der Waals surface area contributed by atoms with E-state index >= 15 is 0 Å². The van der Waals surface area contributed by atoms with E-state index in [0.29, 0.717) is 43.5 Å². The molecule has 40 heavy (non-hydrogen) atoms. The third kappa shape index (κ3) is 5.16. The fourth-order valence-corrected chi connectivity index (χ4v) is 5.27. The van der Waals surface area contributed by atoms with Gasteiger partial charge in [-0.3, -0.25) is 4.79 Å². The van der Waals surface area contributed by atoms with Crippen LogP contribution in [0, 0.1) is 0 Å². The molecule has 10 heteroatoms. The van der Waals surface area contributed by atoms with E-state index in [1.54, 1.807) is 6.92 Å². The second-order valence-corrected chi connectivity index (χ2v) is 10.3. The van der Waals surface area contributed by atoms with Crippen molar-refractivity contribution in [1.82, 2.24) is 24.4 Å². The Bertz CT molecular complexity index is 1550. The van der Waals surface area contributed by atoms with Crippen molar-refractivity contribution in [1.29, 1.82) is 0 Å². The number of imidazole rings is 1. The predicted molar refractivity (Wildman–Crippen MR) is 154 cm³/mol. The summed E-state index contributed by atoms with van der Waals surface area (Å²) in [6.07, 6.45) is 6.01. The minimum Gasteiger partial charge on any atom is -0.454 e. The van der Waals surface area contributed by atoms with Gasteiger partial charge in [-0.15, -0.1) is 0 Å². The molecule has 4 aromatic rings. The Morgan fingerprint density at radius 1 is 1.05 bits per heavy atom. The van der Waals surface area contributed by atoms with E-state index < -0.39 is 0 Å². The molecule has 0 bridgehead atoms. The summed E-state index contributed by atoms with van der Waals surface area (Å²) >= 11 is 0. The van der Waals surface area contributed by atoms with Crippen LogP contribution in [-0.2, 0) is 17.9 Å². The van der Waals surface area contributed by atoms with Gasteiger partial charge in [-0.1, -0.05) is 48.6 Å². The monoisotopic (exact) mass is 539 g/mol. The number of aromatic nitrogens is 4. The number of rotatable bonds is 7. The number of nitrogens with one attached hydrogen (secondary N) is 1. The second-order valence-electron chi connectivity index (χ2n) is 10.3. The first-order valence-electron chi connectivity index (χ1n) is 13.6. The number of hydrogen-bond acceptors (Lipinski definition) is 8. The molecule has 2 atom stereocenters. The molecule has 1 amide bonds. The van der Waals surface area contributed by atoms with E-state index in [4.69, 9.17) is 24.4 Å². The number of piperazine rings is 1. The Hall–Kier alpha value is -4.60. The summed E-state index contributed by atoms with van der Waals surface area (Å²) < 4.78 is 13.0. The van der Waals surface area contributed by atoms with Gasteiger partial charge in [0, 0.05) is 45.2 Å². The summed E-state index contributed by atoms with van der Waals surface area (Å²) in [4.78, 5) is 30.9. The molecule has 0 spiro atoms. The molecule has 6 rings (SSSR count). The van der Waals surface area contributed by atoms with Crippen molar-refractivity contribution >= 4 is 34.9 Å². The largest absolute Gasteiger partial charge is 0.454 e. The molecule has 2 unspecified atom stereocenters. The van der Waals surface area contributed by atoms with Crippen LogP contribution in [-0.4, -0.2) is 62.3 Å². The van der Waals surface area contributed by atoms with Crippen LogP contribution in [0.3, 0.4) is 0 Å². The van der Waals surface area contributed by atoms with Crippen LogP contribution >= 0.6 is 0 Å². The molecule has 2 aliphatic rings. The van der Waals surface area contributed by atoms with Crippen molar-refractivity contribution in [2.45, 2.75) is 45.9 Å². The van der Waals surface area contributed by atoms with Crippen LogP contribution in [0.25, 0.3) is 17.2 Å². The molecule has 2 aromatic carbocycles. The summed E-state index contributed by atoms with van der Waals surface area (Å²) in [5.41, 5.74) is 3.64.